The number of aromatic nitrogens is 2. The van der Waals surface area contributed by atoms with Gasteiger partial charge in [0, 0.05) is 6.04 Å². The molecule has 1 aliphatic carbocycles. The highest BCUT2D eigenvalue weighted by molar-refractivity contribution is 7.13. The summed E-state index contributed by atoms with van der Waals surface area (Å²) in [6.45, 7) is 5.34. The van der Waals surface area contributed by atoms with Gasteiger partial charge in [0.1, 0.15) is 0 Å². The lowest BCUT2D eigenvalue weighted by molar-refractivity contribution is -0.126. The minimum atomic E-state index is -0.201. The summed E-state index contributed by atoms with van der Waals surface area (Å²) in [7, 11) is 0. The Kier molecular flexibility index (Phi) is 5.07. The Morgan fingerprint density at radius 1 is 1.52 bits per heavy atom. The second kappa shape index (κ2) is 7.23. The molecule has 1 saturated carbocycles. The molecule has 0 saturated heterocycles. The number of hydrogen-bond donors (Lipinski definition) is 1. The Labute approximate surface area is 139 Å². The number of thiophene rings is 1. The third-order valence-electron chi connectivity index (χ3n) is 3.90. The van der Waals surface area contributed by atoms with Crippen molar-refractivity contribution in [1.82, 2.24) is 20.4 Å². The van der Waals surface area contributed by atoms with Crippen LogP contribution in [0, 0.1) is 0 Å². The zero-order valence-corrected chi connectivity index (χ0v) is 14.3. The molecule has 6 nitrogen and oxygen atoms in total. The smallest absolute Gasteiger partial charge is 0.257 e. The van der Waals surface area contributed by atoms with Gasteiger partial charge >= 0.3 is 0 Å². The molecule has 23 heavy (non-hydrogen) atoms. The number of amides is 1. The van der Waals surface area contributed by atoms with Crippen LogP contribution in [0.2, 0.25) is 0 Å². The topological polar surface area (TPSA) is 71.3 Å². The van der Waals surface area contributed by atoms with Crippen molar-refractivity contribution in [3.63, 3.8) is 0 Å². The first-order chi connectivity index (χ1) is 11.2. The zero-order chi connectivity index (χ0) is 16.2. The van der Waals surface area contributed by atoms with E-state index < -0.39 is 0 Å². The number of nitrogens with zero attached hydrogens (tertiary/aromatic N) is 3. The maximum Gasteiger partial charge on any atom is 0.257 e. The van der Waals surface area contributed by atoms with Crippen molar-refractivity contribution in [3.05, 3.63) is 23.4 Å². The van der Waals surface area contributed by atoms with Gasteiger partial charge in [-0.3, -0.25) is 9.69 Å². The minimum absolute atomic E-state index is 0.0824. The van der Waals surface area contributed by atoms with E-state index in [9.17, 15) is 4.79 Å². The fourth-order valence-corrected chi connectivity index (χ4v) is 3.05. The predicted octanol–water partition coefficient (Wildman–Crippen LogP) is 2.68. The average Bonchev–Trinajstić information content (AvgIpc) is 3.04. The summed E-state index contributed by atoms with van der Waals surface area (Å²) in [6.07, 6.45) is 3.16. The number of rotatable bonds is 8. The quantitative estimate of drug-likeness (QED) is 0.803. The number of nitrogens with one attached hydrogen (secondary N) is 1. The lowest BCUT2D eigenvalue weighted by Crippen LogP contribution is -2.45. The second-order valence-corrected chi connectivity index (χ2v) is 6.86. The van der Waals surface area contributed by atoms with E-state index in [0.29, 0.717) is 24.4 Å². The van der Waals surface area contributed by atoms with Gasteiger partial charge < -0.3 is 9.73 Å². The summed E-state index contributed by atoms with van der Waals surface area (Å²) < 4.78 is 5.74. The summed E-state index contributed by atoms with van der Waals surface area (Å²) in [5.74, 6) is 1.17. The van der Waals surface area contributed by atoms with Gasteiger partial charge in [-0.05, 0) is 44.2 Å². The molecule has 2 heterocycles. The van der Waals surface area contributed by atoms with Gasteiger partial charge in [0.05, 0.1) is 17.5 Å². The highest BCUT2D eigenvalue weighted by Gasteiger charge is 2.28. The van der Waals surface area contributed by atoms with Crippen LogP contribution < -0.4 is 5.32 Å². The van der Waals surface area contributed by atoms with Crippen LogP contribution in [0.15, 0.2) is 21.9 Å². The van der Waals surface area contributed by atoms with E-state index in [1.54, 1.807) is 11.3 Å². The molecule has 0 aliphatic heterocycles. The molecule has 1 atom stereocenters. The van der Waals surface area contributed by atoms with Crippen molar-refractivity contribution in [3.8, 4) is 10.8 Å². The molecule has 2 aromatic rings. The van der Waals surface area contributed by atoms with Crippen LogP contribution in [0.3, 0.4) is 0 Å². The lowest BCUT2D eigenvalue weighted by atomic mass is 10.2. The Morgan fingerprint density at radius 2 is 2.35 bits per heavy atom. The van der Waals surface area contributed by atoms with Crippen LogP contribution >= 0.6 is 11.3 Å². The van der Waals surface area contributed by atoms with Gasteiger partial charge in [-0.15, -0.1) is 21.5 Å². The second-order valence-electron chi connectivity index (χ2n) is 5.91. The highest BCUT2D eigenvalue weighted by atomic mass is 32.1. The van der Waals surface area contributed by atoms with Crippen molar-refractivity contribution in [2.24, 2.45) is 0 Å². The maximum atomic E-state index is 12.3. The third-order valence-corrected chi connectivity index (χ3v) is 4.76. The maximum absolute atomic E-state index is 12.3. The Balaban J connectivity index is 1.65. The van der Waals surface area contributed by atoms with Gasteiger partial charge in [0.25, 0.3) is 5.89 Å². The summed E-state index contributed by atoms with van der Waals surface area (Å²) in [5.41, 5.74) is 0. The van der Waals surface area contributed by atoms with E-state index in [0.717, 1.165) is 30.7 Å². The fourth-order valence-electron chi connectivity index (χ4n) is 2.40. The lowest BCUT2D eigenvalue weighted by Gasteiger charge is -2.26. The number of carbonyl (C=O) groups is 1. The van der Waals surface area contributed by atoms with Crippen molar-refractivity contribution in [2.45, 2.75) is 51.7 Å². The molecule has 0 bridgehead atoms. The van der Waals surface area contributed by atoms with E-state index in [4.69, 9.17) is 4.42 Å². The summed E-state index contributed by atoms with van der Waals surface area (Å²) in [5, 5.41) is 13.3. The van der Waals surface area contributed by atoms with Crippen molar-refractivity contribution < 1.29 is 9.21 Å². The molecule has 1 N–H and O–H groups in total. The molecule has 124 valence electrons. The molecule has 2 aromatic heterocycles. The van der Waals surface area contributed by atoms with Crippen LogP contribution in [0.1, 0.15) is 39.0 Å². The molecule has 1 aliphatic rings. The fraction of sp³-hybridized carbons (Fsp3) is 0.562. The molecule has 0 unspecified atom stereocenters. The van der Waals surface area contributed by atoms with Gasteiger partial charge in [0.2, 0.25) is 11.8 Å². The monoisotopic (exact) mass is 334 g/mol. The van der Waals surface area contributed by atoms with E-state index in [1.807, 2.05) is 24.4 Å². The van der Waals surface area contributed by atoms with Crippen LogP contribution in [0.25, 0.3) is 10.8 Å². The normalized spacial score (nSPS) is 15.8. The van der Waals surface area contributed by atoms with Crippen molar-refractivity contribution in [2.75, 3.05) is 6.54 Å². The van der Waals surface area contributed by atoms with E-state index in [2.05, 4.69) is 27.3 Å². The SMILES string of the molecule is CCCN(Cc1nnc(-c2cccs2)o1)[C@@H](C)C(=O)NC1CC1. The first-order valence-electron chi connectivity index (χ1n) is 8.08. The standard InChI is InChI=1S/C16H22N4O2S/c1-3-8-20(11(2)15(21)17-12-6-7-12)10-14-18-19-16(22-14)13-5-4-9-23-13/h4-5,9,11-12H,3,6-8,10H2,1-2H3,(H,17,21)/t11-/m0/s1. The zero-order valence-electron chi connectivity index (χ0n) is 13.5. The number of carbonyl (C=O) groups excluding carboxylic acids is 1. The highest BCUT2D eigenvalue weighted by Crippen LogP contribution is 2.24. The molecule has 1 fully saturated rings. The van der Waals surface area contributed by atoms with E-state index in [1.165, 1.54) is 0 Å². The Bertz CT molecular complexity index is 636. The molecule has 3 rings (SSSR count). The van der Waals surface area contributed by atoms with Crippen LogP contribution in [0.4, 0.5) is 0 Å². The first kappa shape index (κ1) is 16.1. The summed E-state index contributed by atoms with van der Waals surface area (Å²) in [4.78, 5) is 15.3. The molecule has 0 radical (unpaired) electrons. The minimum Gasteiger partial charge on any atom is -0.419 e. The van der Waals surface area contributed by atoms with E-state index in [-0.39, 0.29) is 11.9 Å². The average molecular weight is 334 g/mol. The molecule has 7 heteroatoms. The largest absolute Gasteiger partial charge is 0.419 e. The van der Waals surface area contributed by atoms with Gasteiger partial charge in [-0.25, -0.2) is 0 Å². The van der Waals surface area contributed by atoms with Crippen LogP contribution in [-0.2, 0) is 11.3 Å². The Morgan fingerprint density at radius 3 is 3.00 bits per heavy atom. The van der Waals surface area contributed by atoms with Gasteiger partial charge in [-0.1, -0.05) is 13.0 Å². The molecule has 1 amide bonds. The predicted molar refractivity (Wildman–Crippen MR) is 88.9 cm³/mol. The van der Waals surface area contributed by atoms with Crippen LogP contribution in [-0.4, -0.2) is 39.6 Å². The van der Waals surface area contributed by atoms with E-state index >= 15 is 0 Å². The van der Waals surface area contributed by atoms with Crippen molar-refractivity contribution in [1.29, 1.82) is 0 Å². The number of hydrogen-bond acceptors (Lipinski definition) is 6. The van der Waals surface area contributed by atoms with Gasteiger partial charge in [-0.2, -0.15) is 0 Å². The summed E-state index contributed by atoms with van der Waals surface area (Å²) >= 11 is 1.57. The van der Waals surface area contributed by atoms with Crippen molar-refractivity contribution >= 4 is 17.2 Å². The molecular formula is C16H22N4O2S. The molecule has 0 aromatic carbocycles. The Hall–Kier alpha value is -1.73. The summed E-state index contributed by atoms with van der Waals surface area (Å²) in [6, 6.07) is 4.09. The molecule has 0 spiro atoms. The third kappa shape index (κ3) is 4.17. The first-order valence-corrected chi connectivity index (χ1v) is 8.96. The molecular weight excluding hydrogens is 312 g/mol. The van der Waals surface area contributed by atoms with Crippen LogP contribution in [0.5, 0.6) is 0 Å². The van der Waals surface area contributed by atoms with Gasteiger partial charge in [0.15, 0.2) is 0 Å².